The molecular formula is C25H27F2N7O4. The molecule has 2 heterocycles. The molecule has 0 saturated heterocycles. The number of nitrogens with one attached hydrogen (secondary N) is 2. The highest BCUT2D eigenvalue weighted by atomic mass is 19.3. The quantitative estimate of drug-likeness (QED) is 0.360. The van der Waals surface area contributed by atoms with Crippen LogP contribution in [0.5, 0.6) is 5.75 Å². The lowest BCUT2D eigenvalue weighted by atomic mass is 10.1. The lowest BCUT2D eigenvalue weighted by molar-refractivity contribution is -0.169. The van der Waals surface area contributed by atoms with Crippen LogP contribution < -0.4 is 21.1 Å². The zero-order chi connectivity index (χ0) is 26.8. The van der Waals surface area contributed by atoms with Crippen LogP contribution in [0.2, 0.25) is 0 Å². The van der Waals surface area contributed by atoms with Gasteiger partial charge in [-0.3, -0.25) is 14.3 Å². The largest absolute Gasteiger partial charge is 0.494 e. The molecule has 4 N–H and O–H groups in total. The summed E-state index contributed by atoms with van der Waals surface area (Å²) in [5, 5.41) is 18.0. The number of benzene rings is 1. The molecule has 2 fully saturated rings. The Hall–Kier alpha value is -4.13. The second kappa shape index (κ2) is 10.7. The number of ether oxygens (including phenoxy) is 2. The highest BCUT2D eigenvalue weighted by Crippen LogP contribution is 2.40. The molecule has 1 aromatic carbocycles. The lowest BCUT2D eigenvalue weighted by Crippen LogP contribution is -2.24. The van der Waals surface area contributed by atoms with Crippen molar-refractivity contribution in [2.24, 2.45) is 11.7 Å². The first-order valence-electron chi connectivity index (χ1n) is 12.2. The Morgan fingerprint density at radius 1 is 1.16 bits per heavy atom. The molecule has 200 valence electrons. The summed E-state index contributed by atoms with van der Waals surface area (Å²) >= 11 is 0. The number of para-hydroxylation sites is 1. The third kappa shape index (κ3) is 5.42. The number of hydrogen-bond acceptors (Lipinski definition) is 8. The van der Waals surface area contributed by atoms with Gasteiger partial charge in [0.25, 0.3) is 5.91 Å². The third-order valence-corrected chi connectivity index (χ3v) is 6.66. The Balaban J connectivity index is 1.43. The van der Waals surface area contributed by atoms with E-state index in [0.29, 0.717) is 35.4 Å². The van der Waals surface area contributed by atoms with Gasteiger partial charge in [0.15, 0.2) is 11.5 Å². The zero-order valence-corrected chi connectivity index (χ0v) is 20.6. The average molecular weight is 528 g/mol. The van der Waals surface area contributed by atoms with Crippen LogP contribution in [0.3, 0.4) is 0 Å². The number of halogens is 2. The van der Waals surface area contributed by atoms with Gasteiger partial charge < -0.3 is 25.8 Å². The van der Waals surface area contributed by atoms with Crippen molar-refractivity contribution >= 4 is 29.0 Å². The van der Waals surface area contributed by atoms with Gasteiger partial charge in [-0.15, -0.1) is 10.2 Å². The van der Waals surface area contributed by atoms with Gasteiger partial charge in [-0.05, 0) is 38.2 Å². The van der Waals surface area contributed by atoms with Crippen LogP contribution in [-0.4, -0.2) is 51.6 Å². The monoisotopic (exact) mass is 527 g/mol. The Labute approximate surface area is 216 Å². The average Bonchev–Trinajstić information content (AvgIpc) is 3.46. The standard InChI is InChI=1S/C25H27F2N7O4/c1-37-22-15(14-11-29-34(12-14)18-6-3-7-19(18)38-25(26)27)4-2-5-16(22)30-17-10-20(31-24(36)13-8-9-13)32-33-21(17)23(28)35/h2,4-5,10-13,18-19,25H,3,6-9H2,1H3,(H2,28,35)(H2,30,31,32,36). The molecule has 38 heavy (non-hydrogen) atoms. The summed E-state index contributed by atoms with van der Waals surface area (Å²) in [5.41, 5.74) is 7.51. The zero-order valence-electron chi connectivity index (χ0n) is 20.6. The number of primary amides is 1. The van der Waals surface area contributed by atoms with E-state index in [1.807, 2.05) is 6.07 Å². The van der Waals surface area contributed by atoms with Gasteiger partial charge in [-0.1, -0.05) is 12.1 Å². The number of methoxy groups -OCH3 is 1. The van der Waals surface area contributed by atoms with E-state index in [0.717, 1.165) is 19.3 Å². The van der Waals surface area contributed by atoms with Crippen LogP contribution in [-0.2, 0) is 9.53 Å². The van der Waals surface area contributed by atoms with E-state index in [1.54, 1.807) is 29.2 Å². The number of hydrogen-bond donors (Lipinski definition) is 3. The van der Waals surface area contributed by atoms with Crippen LogP contribution in [0.25, 0.3) is 11.1 Å². The maximum Gasteiger partial charge on any atom is 0.345 e. The summed E-state index contributed by atoms with van der Waals surface area (Å²) in [5.74, 6) is -0.369. The summed E-state index contributed by atoms with van der Waals surface area (Å²) < 4.78 is 37.8. The van der Waals surface area contributed by atoms with Crippen LogP contribution in [0.1, 0.15) is 48.6 Å². The minimum Gasteiger partial charge on any atom is -0.494 e. The smallest absolute Gasteiger partial charge is 0.345 e. The van der Waals surface area contributed by atoms with Crippen molar-refractivity contribution in [3.05, 3.63) is 42.4 Å². The molecule has 2 aliphatic rings. The normalized spacial score (nSPS) is 18.9. The molecule has 5 rings (SSSR count). The molecule has 2 unspecified atom stereocenters. The van der Waals surface area contributed by atoms with Gasteiger partial charge in [0, 0.05) is 29.3 Å². The number of carbonyl (C=O) groups is 2. The first kappa shape index (κ1) is 25.5. The summed E-state index contributed by atoms with van der Waals surface area (Å²) in [4.78, 5) is 24.2. The van der Waals surface area contributed by atoms with Gasteiger partial charge in [0.1, 0.15) is 5.75 Å². The number of aromatic nitrogens is 4. The van der Waals surface area contributed by atoms with Crippen LogP contribution in [0.15, 0.2) is 36.7 Å². The molecule has 11 nitrogen and oxygen atoms in total. The predicted molar refractivity (Wildman–Crippen MR) is 133 cm³/mol. The molecule has 0 radical (unpaired) electrons. The SMILES string of the molecule is COc1c(Nc2cc(NC(=O)C3CC3)nnc2C(N)=O)cccc1-c1cnn(C2CCCC2OC(F)F)c1. The molecule has 13 heteroatoms. The first-order valence-corrected chi connectivity index (χ1v) is 12.2. The second-order valence-electron chi connectivity index (χ2n) is 9.27. The molecule has 2 amide bonds. The van der Waals surface area contributed by atoms with Crippen LogP contribution in [0.4, 0.5) is 26.0 Å². The van der Waals surface area contributed by atoms with E-state index in [4.69, 9.17) is 15.2 Å². The van der Waals surface area contributed by atoms with E-state index >= 15 is 0 Å². The minimum absolute atomic E-state index is 0.0387. The van der Waals surface area contributed by atoms with Crippen molar-refractivity contribution in [2.45, 2.75) is 50.9 Å². The molecule has 0 bridgehead atoms. The second-order valence-corrected chi connectivity index (χ2v) is 9.27. The van der Waals surface area contributed by atoms with Crippen molar-refractivity contribution in [3.8, 4) is 16.9 Å². The number of anilines is 3. The highest BCUT2D eigenvalue weighted by molar-refractivity contribution is 5.99. The van der Waals surface area contributed by atoms with E-state index < -0.39 is 18.6 Å². The predicted octanol–water partition coefficient (Wildman–Crippen LogP) is 3.87. The molecular weight excluding hydrogens is 500 g/mol. The van der Waals surface area contributed by atoms with Gasteiger partial charge in [-0.2, -0.15) is 13.9 Å². The fourth-order valence-corrected chi connectivity index (χ4v) is 4.69. The van der Waals surface area contributed by atoms with E-state index in [1.165, 1.54) is 13.2 Å². The van der Waals surface area contributed by atoms with Crippen molar-refractivity contribution in [2.75, 3.05) is 17.7 Å². The van der Waals surface area contributed by atoms with Crippen LogP contribution in [0, 0.1) is 5.92 Å². The van der Waals surface area contributed by atoms with E-state index in [2.05, 4.69) is 25.9 Å². The molecule has 3 aromatic rings. The van der Waals surface area contributed by atoms with Crippen molar-refractivity contribution in [1.82, 2.24) is 20.0 Å². The Kier molecular flexibility index (Phi) is 7.18. The fourth-order valence-electron chi connectivity index (χ4n) is 4.69. The number of carbonyl (C=O) groups excluding carboxylic acids is 2. The minimum atomic E-state index is -2.84. The van der Waals surface area contributed by atoms with Crippen molar-refractivity contribution in [1.29, 1.82) is 0 Å². The van der Waals surface area contributed by atoms with Gasteiger partial charge in [-0.25, -0.2) is 0 Å². The maximum atomic E-state index is 12.8. The third-order valence-electron chi connectivity index (χ3n) is 6.66. The Bertz CT molecular complexity index is 1340. The van der Waals surface area contributed by atoms with Gasteiger partial charge in [0.2, 0.25) is 5.91 Å². The summed E-state index contributed by atoms with van der Waals surface area (Å²) in [7, 11) is 1.50. The molecule has 2 aliphatic carbocycles. The number of amides is 2. The van der Waals surface area contributed by atoms with E-state index in [9.17, 15) is 18.4 Å². The first-order chi connectivity index (χ1) is 18.3. The molecule has 0 spiro atoms. The van der Waals surface area contributed by atoms with Crippen LogP contribution >= 0.6 is 0 Å². The number of nitrogens with zero attached hydrogens (tertiary/aromatic N) is 4. The maximum absolute atomic E-state index is 12.8. The van der Waals surface area contributed by atoms with Crippen molar-refractivity contribution < 1.29 is 27.8 Å². The molecule has 2 atom stereocenters. The highest BCUT2D eigenvalue weighted by Gasteiger charge is 2.33. The number of nitrogens with two attached hydrogens (primary N) is 1. The Morgan fingerprint density at radius 2 is 1.97 bits per heavy atom. The van der Waals surface area contributed by atoms with Gasteiger partial charge in [0.05, 0.1) is 36.8 Å². The number of alkyl halides is 2. The summed E-state index contributed by atoms with van der Waals surface area (Å²) in [6.07, 6.45) is 6.43. The van der Waals surface area contributed by atoms with E-state index in [-0.39, 0.29) is 35.1 Å². The number of rotatable bonds is 10. The summed E-state index contributed by atoms with van der Waals surface area (Å²) in [6, 6.07) is 6.54. The van der Waals surface area contributed by atoms with Crippen molar-refractivity contribution in [3.63, 3.8) is 0 Å². The molecule has 0 aliphatic heterocycles. The van der Waals surface area contributed by atoms with Gasteiger partial charge >= 0.3 is 6.61 Å². The fraction of sp³-hybridized carbons (Fsp3) is 0.400. The molecule has 2 saturated carbocycles. The lowest BCUT2D eigenvalue weighted by Gasteiger charge is -2.20. The summed E-state index contributed by atoms with van der Waals surface area (Å²) in [6.45, 7) is -2.84. The topological polar surface area (TPSA) is 146 Å². The Morgan fingerprint density at radius 3 is 2.68 bits per heavy atom. The molecule has 2 aromatic heterocycles.